The quantitative estimate of drug-likeness (QED) is 0.587. The molecule has 0 saturated heterocycles. The van der Waals surface area contributed by atoms with E-state index >= 15 is 0 Å². The van der Waals surface area contributed by atoms with Gasteiger partial charge in [-0.05, 0) is 30.2 Å². The Hall–Kier alpha value is -2.85. The molecule has 7 nitrogen and oxygen atoms in total. The molecule has 0 atom stereocenters. The number of nitrogens with one attached hydrogen (secondary N) is 1. The van der Waals surface area contributed by atoms with Crippen LogP contribution in [0, 0.1) is 11.6 Å². The lowest BCUT2D eigenvalue weighted by atomic mass is 10.1. The molecule has 0 radical (unpaired) electrons. The second-order valence-corrected chi connectivity index (χ2v) is 8.52. The van der Waals surface area contributed by atoms with E-state index in [4.69, 9.17) is 0 Å². The molecular formula is C21H24F2N2O5S. The number of anilines is 1. The van der Waals surface area contributed by atoms with Crippen LogP contribution in [0.15, 0.2) is 41.3 Å². The Morgan fingerprint density at radius 2 is 1.65 bits per heavy atom. The molecule has 1 amide bonds. The second-order valence-electron chi connectivity index (χ2n) is 6.58. The molecule has 0 aliphatic heterocycles. The van der Waals surface area contributed by atoms with Crippen LogP contribution in [-0.2, 0) is 26.0 Å². The Morgan fingerprint density at radius 1 is 1.03 bits per heavy atom. The van der Waals surface area contributed by atoms with Gasteiger partial charge in [0.2, 0.25) is 15.9 Å². The van der Waals surface area contributed by atoms with E-state index < -0.39 is 39.1 Å². The molecule has 2 aromatic rings. The molecule has 31 heavy (non-hydrogen) atoms. The van der Waals surface area contributed by atoms with Crippen LogP contribution < -0.4 is 5.32 Å². The highest BCUT2D eigenvalue weighted by Crippen LogP contribution is 2.21. The number of amides is 1. The van der Waals surface area contributed by atoms with Gasteiger partial charge in [0.05, 0.1) is 23.3 Å². The normalized spacial score (nSPS) is 11.4. The van der Waals surface area contributed by atoms with E-state index in [0.29, 0.717) is 24.7 Å². The van der Waals surface area contributed by atoms with Gasteiger partial charge in [-0.2, -0.15) is 4.31 Å². The summed E-state index contributed by atoms with van der Waals surface area (Å²) in [6, 6.07) is 7.54. The smallest absolute Gasteiger partial charge is 0.340 e. The number of methoxy groups -OCH3 is 1. The number of carbonyl (C=O) groups is 2. The monoisotopic (exact) mass is 454 g/mol. The number of ether oxygens (including phenoxy) is 1. The van der Waals surface area contributed by atoms with Gasteiger partial charge < -0.3 is 10.1 Å². The standard InChI is InChI=1S/C21H24F2N2O5S/c1-4-25(5-2)31(28,29)15-9-6-14(7-10-15)8-11-20(26)24-19-12-16(21(27)30-3)17(22)13-18(19)23/h6-7,9-10,12-13H,4-5,8,11H2,1-3H3,(H,24,26). The molecule has 2 rings (SSSR count). The first-order chi connectivity index (χ1) is 14.6. The van der Waals surface area contributed by atoms with Crippen molar-refractivity contribution in [2.24, 2.45) is 0 Å². The number of nitrogens with zero attached hydrogens (tertiary/aromatic N) is 1. The summed E-state index contributed by atoms with van der Waals surface area (Å²) in [7, 11) is -2.51. The van der Waals surface area contributed by atoms with Gasteiger partial charge in [0.15, 0.2) is 0 Å². The third kappa shape index (κ3) is 5.86. The molecule has 0 saturated carbocycles. The van der Waals surface area contributed by atoms with Crippen LogP contribution in [0.1, 0.15) is 36.2 Å². The minimum absolute atomic E-state index is 0.0352. The molecular weight excluding hydrogens is 430 g/mol. The highest BCUT2D eigenvalue weighted by atomic mass is 32.2. The van der Waals surface area contributed by atoms with E-state index in [2.05, 4.69) is 10.1 Å². The summed E-state index contributed by atoms with van der Waals surface area (Å²) in [6.45, 7) is 4.23. The molecule has 168 valence electrons. The van der Waals surface area contributed by atoms with Gasteiger partial charge in [-0.25, -0.2) is 22.0 Å². The van der Waals surface area contributed by atoms with Crippen LogP contribution in [0.4, 0.5) is 14.5 Å². The van der Waals surface area contributed by atoms with Crippen molar-refractivity contribution in [2.45, 2.75) is 31.6 Å². The molecule has 10 heteroatoms. The lowest BCUT2D eigenvalue weighted by Gasteiger charge is -2.18. The summed E-state index contributed by atoms with van der Waals surface area (Å²) in [4.78, 5) is 23.9. The first-order valence-corrected chi connectivity index (χ1v) is 11.0. The predicted octanol–water partition coefficient (Wildman–Crippen LogP) is 3.35. The van der Waals surface area contributed by atoms with Gasteiger partial charge in [0.25, 0.3) is 0 Å². The number of hydrogen-bond acceptors (Lipinski definition) is 5. The molecule has 0 fully saturated rings. The Bertz CT molecular complexity index is 1050. The molecule has 0 aliphatic rings. The summed E-state index contributed by atoms with van der Waals surface area (Å²) in [5.74, 6) is -3.67. The van der Waals surface area contributed by atoms with Crippen molar-refractivity contribution >= 4 is 27.6 Å². The van der Waals surface area contributed by atoms with E-state index in [1.807, 2.05) is 0 Å². The van der Waals surface area contributed by atoms with E-state index in [1.54, 1.807) is 26.0 Å². The molecule has 0 bridgehead atoms. The largest absolute Gasteiger partial charge is 0.465 e. The third-order valence-corrected chi connectivity index (χ3v) is 6.71. The number of esters is 1. The van der Waals surface area contributed by atoms with E-state index in [9.17, 15) is 26.8 Å². The maximum Gasteiger partial charge on any atom is 0.340 e. The maximum atomic E-state index is 13.9. The van der Waals surface area contributed by atoms with Crippen molar-refractivity contribution < 1.29 is 31.5 Å². The lowest BCUT2D eigenvalue weighted by molar-refractivity contribution is -0.116. The van der Waals surface area contributed by atoms with Crippen LogP contribution in [0.5, 0.6) is 0 Å². The average molecular weight is 454 g/mol. The number of benzene rings is 2. The molecule has 0 aliphatic carbocycles. The Morgan fingerprint density at radius 3 is 2.19 bits per heavy atom. The van der Waals surface area contributed by atoms with Crippen molar-refractivity contribution in [3.05, 3.63) is 59.2 Å². The van der Waals surface area contributed by atoms with Gasteiger partial charge in [-0.3, -0.25) is 4.79 Å². The number of carbonyl (C=O) groups excluding carboxylic acids is 2. The van der Waals surface area contributed by atoms with Gasteiger partial charge in [-0.15, -0.1) is 0 Å². The van der Waals surface area contributed by atoms with Crippen LogP contribution in [0.2, 0.25) is 0 Å². The fourth-order valence-electron chi connectivity index (χ4n) is 2.92. The summed E-state index contributed by atoms with van der Waals surface area (Å²) in [5, 5.41) is 2.30. The molecule has 2 aromatic carbocycles. The van der Waals surface area contributed by atoms with Gasteiger partial charge in [-0.1, -0.05) is 26.0 Å². The molecule has 1 N–H and O–H groups in total. The highest BCUT2D eigenvalue weighted by molar-refractivity contribution is 7.89. The first kappa shape index (κ1) is 24.4. The van der Waals surface area contributed by atoms with Gasteiger partial charge in [0.1, 0.15) is 11.6 Å². The van der Waals surface area contributed by atoms with Crippen molar-refractivity contribution in [2.75, 3.05) is 25.5 Å². The SMILES string of the molecule is CCN(CC)S(=O)(=O)c1ccc(CCC(=O)Nc2cc(C(=O)OC)c(F)cc2F)cc1. The zero-order chi connectivity index (χ0) is 23.2. The molecule has 0 spiro atoms. The minimum atomic E-state index is -3.57. The number of aryl methyl sites for hydroxylation is 1. The maximum absolute atomic E-state index is 13.9. The van der Waals surface area contributed by atoms with Crippen molar-refractivity contribution in [1.29, 1.82) is 0 Å². The molecule has 0 heterocycles. The predicted molar refractivity (Wildman–Crippen MR) is 111 cm³/mol. The minimum Gasteiger partial charge on any atom is -0.465 e. The third-order valence-electron chi connectivity index (χ3n) is 4.64. The van der Waals surface area contributed by atoms with Crippen LogP contribution in [-0.4, -0.2) is 44.8 Å². The van der Waals surface area contributed by atoms with E-state index in [0.717, 1.165) is 13.2 Å². The Labute approximate surface area is 180 Å². The van der Waals surface area contributed by atoms with Gasteiger partial charge >= 0.3 is 5.97 Å². The first-order valence-electron chi connectivity index (χ1n) is 9.60. The summed E-state index contributed by atoms with van der Waals surface area (Å²) < 4.78 is 58.4. The fourth-order valence-corrected chi connectivity index (χ4v) is 4.38. The lowest BCUT2D eigenvalue weighted by Crippen LogP contribution is -2.30. The highest BCUT2D eigenvalue weighted by Gasteiger charge is 2.21. The fraction of sp³-hybridized carbons (Fsp3) is 0.333. The number of sulfonamides is 1. The van der Waals surface area contributed by atoms with Crippen molar-refractivity contribution in [3.8, 4) is 0 Å². The van der Waals surface area contributed by atoms with Crippen LogP contribution in [0.3, 0.4) is 0 Å². The summed E-state index contributed by atoms with van der Waals surface area (Å²) in [6.07, 6.45) is 0.233. The van der Waals surface area contributed by atoms with Crippen LogP contribution in [0.25, 0.3) is 0 Å². The zero-order valence-corrected chi connectivity index (χ0v) is 18.3. The van der Waals surface area contributed by atoms with Crippen molar-refractivity contribution in [1.82, 2.24) is 4.31 Å². The van der Waals surface area contributed by atoms with Crippen LogP contribution >= 0.6 is 0 Å². The average Bonchev–Trinajstić information content (AvgIpc) is 2.74. The topological polar surface area (TPSA) is 92.8 Å². The van der Waals surface area contributed by atoms with E-state index in [-0.39, 0.29) is 23.4 Å². The summed E-state index contributed by atoms with van der Waals surface area (Å²) >= 11 is 0. The molecule has 0 aromatic heterocycles. The Balaban J connectivity index is 2.05. The number of halogens is 2. The van der Waals surface area contributed by atoms with Gasteiger partial charge in [0, 0.05) is 25.6 Å². The second kappa shape index (κ2) is 10.5. The summed E-state index contributed by atoms with van der Waals surface area (Å²) in [5.41, 5.74) is -0.125. The van der Waals surface area contributed by atoms with E-state index in [1.165, 1.54) is 16.4 Å². The molecule has 0 unspecified atom stereocenters. The number of hydrogen-bond donors (Lipinski definition) is 1. The Kier molecular flexibility index (Phi) is 8.23. The van der Waals surface area contributed by atoms with Crippen molar-refractivity contribution in [3.63, 3.8) is 0 Å². The number of rotatable bonds is 9. The zero-order valence-electron chi connectivity index (χ0n) is 17.4.